The van der Waals surface area contributed by atoms with Gasteiger partial charge in [0.25, 0.3) is 5.91 Å². The van der Waals surface area contributed by atoms with Crippen molar-refractivity contribution >= 4 is 54.4 Å². The third-order valence-electron chi connectivity index (χ3n) is 3.03. The van der Waals surface area contributed by atoms with E-state index in [1.165, 1.54) is 6.33 Å². The van der Waals surface area contributed by atoms with Crippen LogP contribution in [0.2, 0.25) is 0 Å². The maximum absolute atomic E-state index is 12.0. The molecular formula is C16H11Br2N3O2. The van der Waals surface area contributed by atoms with Crippen molar-refractivity contribution in [1.82, 2.24) is 9.97 Å². The first-order chi connectivity index (χ1) is 11.1. The molecule has 0 atom stereocenters. The molecule has 0 saturated heterocycles. The summed E-state index contributed by atoms with van der Waals surface area (Å²) >= 11 is 6.75. The first kappa shape index (κ1) is 15.9. The number of amides is 1. The fourth-order valence-corrected chi connectivity index (χ4v) is 2.61. The van der Waals surface area contributed by atoms with Crippen LogP contribution in [0.4, 0.5) is 5.69 Å². The van der Waals surface area contributed by atoms with E-state index in [-0.39, 0.29) is 12.5 Å². The number of hydrogen-bond acceptors (Lipinski definition) is 4. The zero-order valence-electron chi connectivity index (χ0n) is 11.8. The van der Waals surface area contributed by atoms with Crippen molar-refractivity contribution in [3.63, 3.8) is 0 Å². The van der Waals surface area contributed by atoms with E-state index < -0.39 is 0 Å². The predicted octanol–water partition coefficient (Wildman–Crippen LogP) is 4.17. The molecule has 0 radical (unpaired) electrons. The Morgan fingerprint density at radius 2 is 1.78 bits per heavy atom. The lowest BCUT2D eigenvalue weighted by Gasteiger charge is -2.09. The molecular weight excluding hydrogens is 426 g/mol. The first-order valence-electron chi connectivity index (χ1n) is 6.70. The second-order valence-corrected chi connectivity index (χ2v) is 6.52. The van der Waals surface area contributed by atoms with E-state index in [4.69, 9.17) is 4.74 Å². The highest BCUT2D eigenvalue weighted by Crippen LogP contribution is 2.24. The Bertz CT molecular complexity index is 854. The Labute approximate surface area is 149 Å². The van der Waals surface area contributed by atoms with Crippen LogP contribution in [0.5, 0.6) is 5.88 Å². The minimum atomic E-state index is -0.255. The van der Waals surface area contributed by atoms with Crippen LogP contribution in [0.1, 0.15) is 0 Å². The third-order valence-corrected chi connectivity index (χ3v) is 4.05. The molecule has 1 N–H and O–H groups in total. The van der Waals surface area contributed by atoms with Crippen LogP contribution in [-0.4, -0.2) is 22.5 Å². The number of ether oxygens (including phenoxy) is 1. The van der Waals surface area contributed by atoms with E-state index in [2.05, 4.69) is 47.1 Å². The van der Waals surface area contributed by atoms with Gasteiger partial charge in [-0.05, 0) is 42.5 Å². The Kier molecular flexibility index (Phi) is 4.88. The summed E-state index contributed by atoms with van der Waals surface area (Å²) in [6, 6.07) is 12.9. The molecule has 0 saturated carbocycles. The highest BCUT2D eigenvalue weighted by molar-refractivity contribution is 9.10. The number of halogens is 2. The molecule has 3 aromatic rings. The number of aromatic nitrogens is 2. The van der Waals surface area contributed by atoms with Gasteiger partial charge in [0.05, 0.1) is 10.9 Å². The quantitative estimate of drug-likeness (QED) is 0.666. The second kappa shape index (κ2) is 7.06. The molecule has 1 amide bonds. The fraction of sp³-hybridized carbons (Fsp3) is 0.0625. The van der Waals surface area contributed by atoms with Gasteiger partial charge in [0.15, 0.2) is 6.61 Å². The first-order valence-corrected chi connectivity index (χ1v) is 8.29. The number of carbonyl (C=O) groups excluding carboxylic acids is 1. The van der Waals surface area contributed by atoms with Crippen molar-refractivity contribution in [3.8, 4) is 5.88 Å². The Morgan fingerprint density at radius 3 is 2.57 bits per heavy atom. The van der Waals surface area contributed by atoms with E-state index in [0.29, 0.717) is 11.6 Å². The number of anilines is 1. The molecule has 0 aliphatic rings. The molecule has 0 spiro atoms. The topological polar surface area (TPSA) is 64.1 Å². The fourth-order valence-electron chi connectivity index (χ4n) is 1.98. The summed E-state index contributed by atoms with van der Waals surface area (Å²) < 4.78 is 7.38. The summed E-state index contributed by atoms with van der Waals surface area (Å²) in [6.45, 7) is -0.130. The highest BCUT2D eigenvalue weighted by Gasteiger charge is 2.09. The van der Waals surface area contributed by atoms with Crippen molar-refractivity contribution in [2.24, 2.45) is 0 Å². The van der Waals surface area contributed by atoms with E-state index in [0.717, 1.165) is 19.8 Å². The van der Waals surface area contributed by atoms with Gasteiger partial charge in [-0.15, -0.1) is 0 Å². The van der Waals surface area contributed by atoms with Gasteiger partial charge in [-0.1, -0.05) is 31.9 Å². The average molecular weight is 437 g/mol. The molecule has 2 aromatic carbocycles. The Hall–Kier alpha value is -1.99. The summed E-state index contributed by atoms with van der Waals surface area (Å²) in [5.74, 6) is 0.122. The number of carbonyl (C=O) groups is 1. The maximum atomic E-state index is 12.0. The summed E-state index contributed by atoms with van der Waals surface area (Å²) in [5, 5.41) is 3.51. The number of hydrogen-bond donors (Lipinski definition) is 1. The second-order valence-electron chi connectivity index (χ2n) is 4.68. The van der Waals surface area contributed by atoms with Gasteiger partial charge >= 0.3 is 0 Å². The Morgan fingerprint density at radius 1 is 1.04 bits per heavy atom. The molecule has 1 heterocycles. The largest absolute Gasteiger partial charge is 0.467 e. The van der Waals surface area contributed by atoms with Crippen LogP contribution >= 0.6 is 31.9 Å². The van der Waals surface area contributed by atoms with Gasteiger partial charge in [0.2, 0.25) is 5.88 Å². The van der Waals surface area contributed by atoms with Crippen LogP contribution in [0.15, 0.2) is 57.7 Å². The van der Waals surface area contributed by atoms with Crippen molar-refractivity contribution in [2.75, 3.05) is 11.9 Å². The van der Waals surface area contributed by atoms with Crippen LogP contribution < -0.4 is 10.1 Å². The molecule has 23 heavy (non-hydrogen) atoms. The zero-order chi connectivity index (χ0) is 16.2. The molecule has 0 aliphatic carbocycles. The van der Waals surface area contributed by atoms with Crippen molar-refractivity contribution in [1.29, 1.82) is 0 Å². The number of nitrogens with one attached hydrogen (secondary N) is 1. The lowest BCUT2D eigenvalue weighted by molar-refractivity contribution is -0.118. The monoisotopic (exact) mass is 435 g/mol. The lowest BCUT2D eigenvalue weighted by atomic mass is 10.2. The smallest absolute Gasteiger partial charge is 0.262 e. The van der Waals surface area contributed by atoms with Gasteiger partial charge in [0, 0.05) is 14.6 Å². The molecule has 0 aliphatic heterocycles. The van der Waals surface area contributed by atoms with Crippen LogP contribution in [0.3, 0.4) is 0 Å². The van der Waals surface area contributed by atoms with Crippen LogP contribution in [-0.2, 0) is 4.79 Å². The van der Waals surface area contributed by atoms with Crippen molar-refractivity contribution in [2.45, 2.75) is 0 Å². The molecule has 0 unspecified atom stereocenters. The standard InChI is InChI=1S/C16H11Br2N3O2/c17-10-1-4-12(5-2-10)21-15(22)8-23-16-13-7-11(18)3-6-14(13)19-9-20-16/h1-7,9H,8H2,(H,21,22). The minimum absolute atomic E-state index is 0.130. The molecule has 116 valence electrons. The van der Waals surface area contributed by atoms with Gasteiger partial charge < -0.3 is 10.1 Å². The lowest BCUT2D eigenvalue weighted by Crippen LogP contribution is -2.20. The van der Waals surface area contributed by atoms with E-state index in [9.17, 15) is 4.79 Å². The number of fused-ring (bicyclic) bond motifs is 1. The number of rotatable bonds is 4. The van der Waals surface area contributed by atoms with Crippen molar-refractivity contribution < 1.29 is 9.53 Å². The van der Waals surface area contributed by atoms with E-state index in [1.807, 2.05) is 30.3 Å². The van der Waals surface area contributed by atoms with Gasteiger partial charge in [0.1, 0.15) is 6.33 Å². The summed E-state index contributed by atoms with van der Waals surface area (Å²) in [7, 11) is 0. The van der Waals surface area contributed by atoms with Crippen LogP contribution in [0, 0.1) is 0 Å². The third kappa shape index (κ3) is 4.05. The SMILES string of the molecule is O=C(COc1ncnc2ccc(Br)cc12)Nc1ccc(Br)cc1. The molecule has 0 bridgehead atoms. The van der Waals surface area contributed by atoms with Gasteiger partial charge in [-0.3, -0.25) is 4.79 Å². The van der Waals surface area contributed by atoms with Gasteiger partial charge in [-0.25, -0.2) is 9.97 Å². The van der Waals surface area contributed by atoms with Gasteiger partial charge in [-0.2, -0.15) is 0 Å². The molecule has 5 nitrogen and oxygen atoms in total. The van der Waals surface area contributed by atoms with Crippen LogP contribution in [0.25, 0.3) is 10.9 Å². The molecule has 0 fully saturated rings. The van der Waals surface area contributed by atoms with Crippen molar-refractivity contribution in [3.05, 3.63) is 57.7 Å². The molecule has 1 aromatic heterocycles. The summed E-state index contributed by atoms with van der Waals surface area (Å²) in [6.07, 6.45) is 1.41. The minimum Gasteiger partial charge on any atom is -0.467 e. The highest BCUT2D eigenvalue weighted by atomic mass is 79.9. The normalized spacial score (nSPS) is 10.5. The van der Waals surface area contributed by atoms with E-state index in [1.54, 1.807) is 12.1 Å². The maximum Gasteiger partial charge on any atom is 0.262 e. The molecule has 7 heteroatoms. The average Bonchev–Trinajstić information content (AvgIpc) is 2.55. The number of nitrogens with zero attached hydrogens (tertiary/aromatic N) is 2. The zero-order valence-corrected chi connectivity index (χ0v) is 15.0. The van der Waals surface area contributed by atoms with E-state index >= 15 is 0 Å². The predicted molar refractivity (Wildman–Crippen MR) is 95.5 cm³/mol. The summed E-state index contributed by atoms with van der Waals surface area (Å²) in [5.41, 5.74) is 1.46. The summed E-state index contributed by atoms with van der Waals surface area (Å²) in [4.78, 5) is 20.2. The Balaban J connectivity index is 1.69. The number of benzene rings is 2. The molecule has 3 rings (SSSR count).